The van der Waals surface area contributed by atoms with E-state index in [4.69, 9.17) is 9.47 Å². The highest BCUT2D eigenvalue weighted by atomic mass is 19.4. The van der Waals surface area contributed by atoms with Crippen LogP contribution in [0.4, 0.5) is 13.2 Å². The third-order valence-corrected chi connectivity index (χ3v) is 3.96. The summed E-state index contributed by atoms with van der Waals surface area (Å²) in [6, 6.07) is 1.93. The van der Waals surface area contributed by atoms with E-state index in [9.17, 15) is 18.3 Å². The fraction of sp³-hybridized carbons (Fsp3) is 0.529. The number of aliphatic hydroxyl groups is 1. The molecule has 0 aromatic heterocycles. The number of halogens is 3. The van der Waals surface area contributed by atoms with E-state index in [0.717, 1.165) is 6.07 Å². The SMILES string of the molecule is COC1=N[C@H](C(C)C)C(OC)=N[C@H]1c1cc(CO)ccc1C(F)(F)F. The molecular formula is C17H21F3N2O3. The zero-order chi connectivity index (χ0) is 18.8. The molecule has 5 nitrogen and oxygen atoms in total. The van der Waals surface area contributed by atoms with Gasteiger partial charge >= 0.3 is 6.18 Å². The molecule has 1 aliphatic heterocycles. The van der Waals surface area contributed by atoms with Crippen LogP contribution < -0.4 is 0 Å². The molecule has 0 aliphatic carbocycles. The van der Waals surface area contributed by atoms with E-state index >= 15 is 0 Å². The largest absolute Gasteiger partial charge is 0.483 e. The van der Waals surface area contributed by atoms with Crippen molar-refractivity contribution in [3.05, 3.63) is 34.9 Å². The highest BCUT2D eigenvalue weighted by molar-refractivity contribution is 5.95. The maximum absolute atomic E-state index is 13.4. The lowest BCUT2D eigenvalue weighted by Crippen LogP contribution is -2.35. The molecule has 0 saturated carbocycles. The second-order valence-corrected chi connectivity index (χ2v) is 6.01. The van der Waals surface area contributed by atoms with Crippen LogP contribution in [0.2, 0.25) is 0 Å². The van der Waals surface area contributed by atoms with Crippen LogP contribution >= 0.6 is 0 Å². The first-order chi connectivity index (χ1) is 11.7. The van der Waals surface area contributed by atoms with Gasteiger partial charge in [0.15, 0.2) is 6.04 Å². The molecule has 2 rings (SSSR count). The predicted molar refractivity (Wildman–Crippen MR) is 87.6 cm³/mol. The minimum absolute atomic E-state index is 0.0377. The minimum Gasteiger partial charge on any atom is -0.483 e. The average Bonchev–Trinajstić information content (AvgIpc) is 2.58. The highest BCUT2D eigenvalue weighted by Crippen LogP contribution is 2.38. The van der Waals surface area contributed by atoms with Crippen LogP contribution in [0.5, 0.6) is 0 Å². The molecule has 138 valence electrons. The second-order valence-electron chi connectivity index (χ2n) is 6.01. The van der Waals surface area contributed by atoms with E-state index in [0.29, 0.717) is 5.56 Å². The molecular weight excluding hydrogens is 337 g/mol. The van der Waals surface area contributed by atoms with Crippen LogP contribution in [-0.4, -0.2) is 37.2 Å². The topological polar surface area (TPSA) is 63.4 Å². The van der Waals surface area contributed by atoms with Gasteiger partial charge in [0.05, 0.1) is 26.4 Å². The van der Waals surface area contributed by atoms with Gasteiger partial charge in [-0.2, -0.15) is 13.2 Å². The standard InChI is InChI=1S/C17H21F3N2O3/c1-9(2)13-15(24-3)22-14(16(21-13)25-4)11-7-10(8-23)5-6-12(11)17(18,19)20/h5-7,9,13-14,23H,8H2,1-4H3/t13-,14+/m1/s1. The Hall–Kier alpha value is -2.09. The first kappa shape index (κ1) is 19.2. The number of nitrogens with zero attached hydrogens (tertiary/aromatic N) is 2. The molecule has 2 atom stereocenters. The molecule has 0 saturated heterocycles. The first-order valence-electron chi connectivity index (χ1n) is 7.77. The van der Waals surface area contributed by atoms with E-state index in [1.54, 1.807) is 0 Å². The van der Waals surface area contributed by atoms with Gasteiger partial charge < -0.3 is 14.6 Å². The van der Waals surface area contributed by atoms with Crippen molar-refractivity contribution in [3.63, 3.8) is 0 Å². The van der Waals surface area contributed by atoms with Gasteiger partial charge in [0, 0.05) is 0 Å². The van der Waals surface area contributed by atoms with Gasteiger partial charge in [-0.1, -0.05) is 26.0 Å². The van der Waals surface area contributed by atoms with Crippen molar-refractivity contribution in [2.24, 2.45) is 15.9 Å². The van der Waals surface area contributed by atoms with E-state index in [1.807, 2.05) is 13.8 Å². The Kier molecular flexibility index (Phi) is 5.72. The summed E-state index contributed by atoms with van der Waals surface area (Å²) in [5, 5.41) is 9.29. The van der Waals surface area contributed by atoms with Crippen molar-refractivity contribution >= 4 is 11.8 Å². The fourth-order valence-electron chi connectivity index (χ4n) is 2.69. The Bertz CT molecular complexity index is 684. The van der Waals surface area contributed by atoms with Crippen molar-refractivity contribution in [2.75, 3.05) is 14.2 Å². The minimum atomic E-state index is -4.57. The molecule has 0 radical (unpaired) electrons. The van der Waals surface area contributed by atoms with Gasteiger partial charge in [-0.15, -0.1) is 0 Å². The highest BCUT2D eigenvalue weighted by Gasteiger charge is 2.39. The Balaban J connectivity index is 2.63. The van der Waals surface area contributed by atoms with Gasteiger partial charge in [-0.25, -0.2) is 9.98 Å². The maximum atomic E-state index is 13.4. The zero-order valence-electron chi connectivity index (χ0n) is 14.5. The van der Waals surface area contributed by atoms with Crippen LogP contribution in [0.3, 0.4) is 0 Å². The monoisotopic (exact) mass is 358 g/mol. The van der Waals surface area contributed by atoms with Gasteiger partial charge in [0.25, 0.3) is 0 Å². The van der Waals surface area contributed by atoms with Crippen LogP contribution in [0.15, 0.2) is 28.2 Å². The Morgan fingerprint density at radius 1 is 1.12 bits per heavy atom. The Morgan fingerprint density at radius 3 is 2.24 bits per heavy atom. The lowest BCUT2D eigenvalue weighted by atomic mass is 9.95. The summed E-state index contributed by atoms with van der Waals surface area (Å²) in [6.45, 7) is 3.43. The second kappa shape index (κ2) is 7.43. The Morgan fingerprint density at radius 2 is 1.76 bits per heavy atom. The van der Waals surface area contributed by atoms with Crippen molar-refractivity contribution in [3.8, 4) is 0 Å². The van der Waals surface area contributed by atoms with Gasteiger partial charge in [0.1, 0.15) is 6.04 Å². The molecule has 1 heterocycles. The molecule has 1 N–H and O–H groups in total. The third-order valence-electron chi connectivity index (χ3n) is 3.96. The molecule has 0 amide bonds. The van der Waals surface area contributed by atoms with E-state index in [2.05, 4.69) is 9.98 Å². The molecule has 0 unspecified atom stereocenters. The number of aliphatic imine (C=N–C) groups is 2. The number of rotatable bonds is 3. The summed E-state index contributed by atoms with van der Waals surface area (Å²) in [4.78, 5) is 8.73. The molecule has 0 bridgehead atoms. The summed E-state index contributed by atoms with van der Waals surface area (Å²) in [6.07, 6.45) is -4.57. The molecule has 1 aromatic rings. The van der Waals surface area contributed by atoms with Crippen molar-refractivity contribution in [2.45, 2.75) is 38.7 Å². The van der Waals surface area contributed by atoms with Crippen molar-refractivity contribution in [1.82, 2.24) is 0 Å². The van der Waals surface area contributed by atoms with Crippen molar-refractivity contribution in [1.29, 1.82) is 0 Å². The molecule has 0 spiro atoms. The molecule has 1 aromatic carbocycles. The number of aliphatic hydroxyl groups excluding tert-OH is 1. The van der Waals surface area contributed by atoms with Crippen molar-refractivity contribution < 1.29 is 27.8 Å². The number of methoxy groups -OCH3 is 2. The van der Waals surface area contributed by atoms with Crippen LogP contribution in [0, 0.1) is 5.92 Å². The maximum Gasteiger partial charge on any atom is 0.416 e. The summed E-state index contributed by atoms with van der Waals surface area (Å²) >= 11 is 0. The zero-order valence-corrected chi connectivity index (χ0v) is 14.5. The quantitative estimate of drug-likeness (QED) is 0.901. The number of ether oxygens (including phenoxy) is 2. The predicted octanol–water partition coefficient (Wildman–Crippen LogP) is 3.37. The van der Waals surface area contributed by atoms with Gasteiger partial charge in [0.2, 0.25) is 11.8 Å². The lowest BCUT2D eigenvalue weighted by molar-refractivity contribution is -0.138. The van der Waals surface area contributed by atoms with Crippen LogP contribution in [-0.2, 0) is 22.3 Å². The van der Waals surface area contributed by atoms with Crippen LogP contribution in [0.25, 0.3) is 0 Å². The lowest BCUT2D eigenvalue weighted by Gasteiger charge is -2.28. The fourth-order valence-corrected chi connectivity index (χ4v) is 2.69. The van der Waals surface area contributed by atoms with E-state index < -0.39 is 23.8 Å². The smallest absolute Gasteiger partial charge is 0.416 e. The summed E-state index contributed by atoms with van der Waals surface area (Å²) in [7, 11) is 2.76. The number of alkyl halides is 3. The number of benzene rings is 1. The molecule has 1 aliphatic rings. The molecule has 0 fully saturated rings. The molecule has 25 heavy (non-hydrogen) atoms. The summed E-state index contributed by atoms with van der Waals surface area (Å²) in [5.74, 6) is 0.374. The van der Waals surface area contributed by atoms with E-state index in [1.165, 1.54) is 26.4 Å². The molecule has 8 heteroatoms. The Labute approximate surface area is 144 Å². The van der Waals surface area contributed by atoms with E-state index in [-0.39, 0.29) is 29.9 Å². The van der Waals surface area contributed by atoms with Gasteiger partial charge in [-0.3, -0.25) is 0 Å². The number of hydrogen-bond donors (Lipinski definition) is 1. The number of hydrogen-bond acceptors (Lipinski definition) is 5. The normalized spacial score (nSPS) is 21.0. The average molecular weight is 358 g/mol. The summed E-state index contributed by atoms with van der Waals surface area (Å²) in [5.41, 5.74) is -0.628. The van der Waals surface area contributed by atoms with Gasteiger partial charge in [-0.05, 0) is 23.1 Å². The van der Waals surface area contributed by atoms with Crippen LogP contribution in [0.1, 0.15) is 36.6 Å². The summed E-state index contributed by atoms with van der Waals surface area (Å²) < 4.78 is 50.8. The third kappa shape index (κ3) is 3.95. The first-order valence-corrected chi connectivity index (χ1v) is 7.77.